The summed E-state index contributed by atoms with van der Waals surface area (Å²) in [7, 11) is 0. The van der Waals surface area contributed by atoms with Gasteiger partial charge in [-0.15, -0.1) is 10.1 Å². The Morgan fingerprint density at radius 3 is 2.50 bits per heavy atom. The number of nitrogens with one attached hydrogen (secondary N) is 1. The second-order valence-corrected chi connectivity index (χ2v) is 3.49. The molecule has 0 aliphatic heterocycles. The maximum atomic E-state index is 10.9. The summed E-state index contributed by atoms with van der Waals surface area (Å²) in [5.74, 6) is 0. The Hall–Kier alpha value is -1.53. The molecule has 0 aliphatic carbocycles. The van der Waals surface area contributed by atoms with Gasteiger partial charge in [0.15, 0.2) is 0 Å². The molecule has 0 rings (SSSR count). The SMILES string of the molecule is CC(C)(C)OC(=O)NCCO[15N+](=O)[O-]. The lowest BCUT2D eigenvalue weighted by molar-refractivity contribution is -0.757. The quantitative estimate of drug-likeness (QED) is 0.317. The van der Waals surface area contributed by atoms with E-state index in [1.54, 1.807) is 20.8 Å². The van der Waals surface area contributed by atoms with Crippen molar-refractivity contribution < 1.29 is 19.5 Å². The van der Waals surface area contributed by atoms with Gasteiger partial charge < -0.3 is 14.9 Å². The zero-order valence-corrected chi connectivity index (χ0v) is 8.40. The zero-order valence-electron chi connectivity index (χ0n) is 8.40. The number of carbonyl (C=O) groups excluding carboxylic acids is 1. The van der Waals surface area contributed by atoms with Crippen LogP contribution in [0, 0.1) is 10.1 Å². The maximum Gasteiger partial charge on any atom is 0.407 e. The van der Waals surface area contributed by atoms with E-state index in [1.165, 1.54) is 0 Å². The van der Waals surface area contributed by atoms with Crippen LogP contribution in [0.3, 0.4) is 0 Å². The molecule has 0 spiro atoms. The molecular formula is C7H14N2O5. The fraction of sp³-hybridized carbons (Fsp3) is 0.857. The summed E-state index contributed by atoms with van der Waals surface area (Å²) in [5.41, 5.74) is -0.575. The molecule has 7 nitrogen and oxygen atoms in total. The van der Waals surface area contributed by atoms with Crippen LogP contribution >= 0.6 is 0 Å². The largest absolute Gasteiger partial charge is 0.444 e. The highest BCUT2D eigenvalue weighted by atomic mass is 17.2. The third-order valence-corrected chi connectivity index (χ3v) is 0.967. The standard InChI is InChI=1S/C7H14N2O5/c1-7(2,3)14-6(10)8-4-5-13-9(11)12/h4-5H2,1-3H3,(H,8,10)/i9+1. The van der Waals surface area contributed by atoms with Gasteiger partial charge in [0.1, 0.15) is 12.2 Å². The Morgan fingerprint density at radius 2 is 2.07 bits per heavy atom. The molecule has 7 heteroatoms. The molecule has 0 unspecified atom stereocenters. The minimum atomic E-state index is -0.920. The summed E-state index contributed by atoms with van der Waals surface area (Å²) < 4.78 is 4.87. The highest BCUT2D eigenvalue weighted by Gasteiger charge is 2.15. The van der Waals surface area contributed by atoms with E-state index in [9.17, 15) is 14.9 Å². The van der Waals surface area contributed by atoms with Crippen molar-refractivity contribution in [2.75, 3.05) is 13.2 Å². The molecule has 0 fully saturated rings. The smallest absolute Gasteiger partial charge is 0.407 e. The fourth-order valence-electron chi connectivity index (χ4n) is 0.587. The molecule has 0 saturated carbocycles. The van der Waals surface area contributed by atoms with Gasteiger partial charge in [-0.2, -0.15) is 0 Å². The van der Waals surface area contributed by atoms with Crippen molar-refractivity contribution in [3.63, 3.8) is 0 Å². The molecule has 0 saturated heterocycles. The number of hydrogen-bond donors (Lipinski definition) is 1. The first kappa shape index (κ1) is 12.5. The van der Waals surface area contributed by atoms with Crippen molar-refractivity contribution in [3.05, 3.63) is 10.1 Å². The third kappa shape index (κ3) is 8.57. The summed E-state index contributed by atoms with van der Waals surface area (Å²) in [5, 5.41) is 11.1. The lowest BCUT2D eigenvalue weighted by Gasteiger charge is -2.19. The number of carbonyl (C=O) groups is 1. The van der Waals surface area contributed by atoms with E-state index in [-0.39, 0.29) is 13.2 Å². The number of alkyl carbamates (subject to hydrolysis) is 1. The fourth-order valence-corrected chi connectivity index (χ4v) is 0.587. The summed E-state index contributed by atoms with van der Waals surface area (Å²) >= 11 is 0. The van der Waals surface area contributed by atoms with Gasteiger partial charge in [-0.25, -0.2) is 4.79 Å². The zero-order chi connectivity index (χ0) is 11.2. The van der Waals surface area contributed by atoms with Crippen molar-refractivity contribution in [2.45, 2.75) is 26.4 Å². The van der Waals surface area contributed by atoms with Crippen LogP contribution in [0.5, 0.6) is 0 Å². The topological polar surface area (TPSA) is 90.7 Å². The van der Waals surface area contributed by atoms with E-state index in [1.807, 2.05) is 0 Å². The van der Waals surface area contributed by atoms with Gasteiger partial charge >= 0.3 is 6.09 Å². The number of nitrogens with zero attached hydrogens (tertiary/aromatic N) is 1. The van der Waals surface area contributed by atoms with E-state index in [4.69, 9.17) is 4.74 Å². The van der Waals surface area contributed by atoms with E-state index < -0.39 is 16.8 Å². The molecular weight excluding hydrogens is 193 g/mol. The molecule has 82 valence electrons. The van der Waals surface area contributed by atoms with Crippen molar-refractivity contribution >= 4 is 6.09 Å². The lowest BCUT2D eigenvalue weighted by atomic mass is 10.2. The van der Waals surface area contributed by atoms with Crippen LogP contribution in [0.1, 0.15) is 20.8 Å². The van der Waals surface area contributed by atoms with E-state index in [0.29, 0.717) is 0 Å². The molecule has 14 heavy (non-hydrogen) atoms. The highest BCUT2D eigenvalue weighted by Crippen LogP contribution is 2.05. The number of amides is 1. The average Bonchev–Trinajstić information content (AvgIpc) is 1.94. The Morgan fingerprint density at radius 1 is 1.50 bits per heavy atom. The van der Waals surface area contributed by atoms with E-state index >= 15 is 0 Å². The van der Waals surface area contributed by atoms with Crippen LogP contribution in [0.2, 0.25) is 0 Å². The van der Waals surface area contributed by atoms with Crippen molar-refractivity contribution in [3.8, 4) is 0 Å². The number of ether oxygens (including phenoxy) is 1. The molecule has 0 aromatic carbocycles. The predicted octanol–water partition coefficient (Wildman–Crippen LogP) is 0.719. The van der Waals surface area contributed by atoms with Crippen molar-refractivity contribution in [1.29, 1.82) is 0 Å². The van der Waals surface area contributed by atoms with Gasteiger partial charge in [0.2, 0.25) is 0 Å². The first-order valence-corrected chi connectivity index (χ1v) is 4.05. The van der Waals surface area contributed by atoms with Crippen LogP contribution in [-0.2, 0) is 9.57 Å². The number of rotatable bonds is 4. The lowest BCUT2D eigenvalue weighted by Crippen LogP contribution is -2.34. The summed E-state index contributed by atoms with van der Waals surface area (Å²) in [6.45, 7) is 5.02. The second kappa shape index (κ2) is 5.25. The predicted molar refractivity (Wildman–Crippen MR) is 47.2 cm³/mol. The highest BCUT2D eigenvalue weighted by molar-refractivity contribution is 5.67. The van der Waals surface area contributed by atoms with Gasteiger partial charge in [-0.1, -0.05) is 0 Å². The molecule has 1 N–H and O–H groups in total. The van der Waals surface area contributed by atoms with Gasteiger partial charge in [0.05, 0.1) is 0 Å². The Kier molecular flexibility index (Phi) is 4.68. The van der Waals surface area contributed by atoms with Crippen molar-refractivity contribution in [1.82, 2.24) is 5.32 Å². The summed E-state index contributed by atoms with van der Waals surface area (Å²) in [6.07, 6.45) is -0.621. The molecule has 0 aliphatic rings. The van der Waals surface area contributed by atoms with Crippen molar-refractivity contribution in [2.24, 2.45) is 0 Å². The second-order valence-electron chi connectivity index (χ2n) is 3.49. The molecule has 1 amide bonds. The van der Waals surface area contributed by atoms with Crippen LogP contribution in [0.25, 0.3) is 0 Å². The molecule has 0 bridgehead atoms. The van der Waals surface area contributed by atoms with E-state index in [2.05, 4.69) is 10.2 Å². The Bertz CT molecular complexity index is 211. The minimum Gasteiger partial charge on any atom is -0.444 e. The third-order valence-electron chi connectivity index (χ3n) is 0.967. The van der Waals surface area contributed by atoms with Gasteiger partial charge in [0, 0.05) is 6.54 Å². The molecule has 0 radical (unpaired) electrons. The summed E-state index contributed by atoms with van der Waals surface area (Å²) in [4.78, 5) is 24.6. The average molecular weight is 207 g/mol. The minimum absolute atomic E-state index is 0.0376. The Balaban J connectivity index is 3.50. The van der Waals surface area contributed by atoms with Crippen LogP contribution < -0.4 is 5.32 Å². The van der Waals surface area contributed by atoms with Gasteiger partial charge in [-0.05, 0) is 20.8 Å². The van der Waals surface area contributed by atoms with Gasteiger partial charge in [0.25, 0.3) is 5.09 Å². The molecule has 0 atom stereocenters. The molecule has 0 aromatic heterocycles. The number of hydrogen-bond acceptors (Lipinski definition) is 5. The normalized spacial score (nSPS) is 10.5. The monoisotopic (exact) mass is 207 g/mol. The van der Waals surface area contributed by atoms with Crippen LogP contribution in [-0.4, -0.2) is 29.9 Å². The first-order chi connectivity index (χ1) is 6.31. The Labute approximate surface area is 81.5 Å². The first-order valence-electron chi connectivity index (χ1n) is 4.05. The molecule has 0 aromatic rings. The van der Waals surface area contributed by atoms with Crippen LogP contribution in [0.4, 0.5) is 4.79 Å². The van der Waals surface area contributed by atoms with E-state index in [0.717, 1.165) is 0 Å². The molecule has 0 heterocycles. The summed E-state index contributed by atoms with van der Waals surface area (Å²) in [6, 6.07) is 0. The maximum absolute atomic E-state index is 10.9. The van der Waals surface area contributed by atoms with Crippen LogP contribution in [0.15, 0.2) is 0 Å². The van der Waals surface area contributed by atoms with Gasteiger partial charge in [-0.3, -0.25) is 0 Å².